The van der Waals surface area contributed by atoms with E-state index in [1.807, 2.05) is 13.8 Å². The van der Waals surface area contributed by atoms with Crippen LogP contribution in [0.15, 0.2) is 24.3 Å². The monoisotopic (exact) mass is 223 g/mol. The molecule has 0 radical (unpaired) electrons. The molecule has 1 aromatic carbocycles. The molecule has 2 N–H and O–H groups in total. The molecule has 1 amide bonds. The predicted octanol–water partition coefficient (Wildman–Crippen LogP) is 1.74. The van der Waals surface area contributed by atoms with Crippen LogP contribution in [-0.2, 0) is 4.79 Å². The number of nitrogens with one attached hydrogen (secondary N) is 1. The SMILES string of the molecule is CC.CC(=O)CNC(=O)c1ccc(O)cc1. The minimum absolute atomic E-state index is 0.0275. The fourth-order valence-electron chi connectivity index (χ4n) is 0.920. The van der Waals surface area contributed by atoms with Crippen molar-refractivity contribution in [1.29, 1.82) is 0 Å². The Hall–Kier alpha value is -1.84. The predicted molar refractivity (Wildman–Crippen MR) is 62.5 cm³/mol. The number of phenols is 1. The Balaban J connectivity index is 0.00000106. The van der Waals surface area contributed by atoms with Crippen LogP contribution in [0, 0.1) is 0 Å². The Bertz CT molecular complexity index is 344. The van der Waals surface area contributed by atoms with Crippen LogP contribution in [0.1, 0.15) is 31.1 Å². The molecule has 16 heavy (non-hydrogen) atoms. The summed E-state index contributed by atoms with van der Waals surface area (Å²) in [7, 11) is 0. The molecule has 1 rings (SSSR count). The summed E-state index contributed by atoms with van der Waals surface area (Å²) < 4.78 is 0. The Labute approximate surface area is 95.3 Å². The summed E-state index contributed by atoms with van der Waals surface area (Å²) in [4.78, 5) is 21.9. The van der Waals surface area contributed by atoms with Gasteiger partial charge < -0.3 is 10.4 Å². The molecule has 0 heterocycles. The molecule has 0 bridgehead atoms. The van der Waals surface area contributed by atoms with E-state index in [0.29, 0.717) is 5.56 Å². The lowest BCUT2D eigenvalue weighted by Gasteiger charge is -2.02. The maximum absolute atomic E-state index is 11.3. The van der Waals surface area contributed by atoms with E-state index in [9.17, 15) is 9.59 Å². The lowest BCUT2D eigenvalue weighted by Crippen LogP contribution is -2.28. The smallest absolute Gasteiger partial charge is 0.251 e. The van der Waals surface area contributed by atoms with E-state index in [4.69, 9.17) is 5.11 Å². The summed E-state index contributed by atoms with van der Waals surface area (Å²) in [5, 5.41) is 11.4. The third-order valence-corrected chi connectivity index (χ3v) is 1.63. The van der Waals surface area contributed by atoms with Gasteiger partial charge in [0, 0.05) is 5.56 Å². The number of rotatable bonds is 3. The highest BCUT2D eigenvalue weighted by atomic mass is 16.3. The van der Waals surface area contributed by atoms with Crippen molar-refractivity contribution in [3.8, 4) is 5.75 Å². The standard InChI is InChI=1S/C10H11NO3.C2H6/c1-7(12)6-11-10(14)8-2-4-9(13)5-3-8;1-2/h2-5,13H,6H2,1H3,(H,11,14);1-2H3. The number of ketones is 1. The molecule has 0 aliphatic carbocycles. The van der Waals surface area contributed by atoms with Crippen LogP contribution in [0.3, 0.4) is 0 Å². The molecule has 0 fully saturated rings. The zero-order chi connectivity index (χ0) is 12.6. The fourth-order valence-corrected chi connectivity index (χ4v) is 0.920. The van der Waals surface area contributed by atoms with Gasteiger partial charge in [-0.1, -0.05) is 13.8 Å². The number of hydrogen-bond acceptors (Lipinski definition) is 3. The van der Waals surface area contributed by atoms with E-state index in [2.05, 4.69) is 5.32 Å². The zero-order valence-corrected chi connectivity index (χ0v) is 9.78. The first-order valence-corrected chi connectivity index (χ1v) is 5.16. The van der Waals surface area contributed by atoms with Gasteiger partial charge >= 0.3 is 0 Å². The van der Waals surface area contributed by atoms with E-state index in [0.717, 1.165) is 0 Å². The summed E-state index contributed by atoms with van der Waals surface area (Å²) in [6.45, 7) is 5.43. The second kappa shape index (κ2) is 7.45. The minimum atomic E-state index is -0.319. The maximum Gasteiger partial charge on any atom is 0.251 e. The first-order chi connectivity index (χ1) is 7.59. The third kappa shape index (κ3) is 5.14. The summed E-state index contributed by atoms with van der Waals surface area (Å²) in [6, 6.07) is 5.82. The van der Waals surface area contributed by atoms with E-state index >= 15 is 0 Å². The Morgan fingerprint density at radius 1 is 1.19 bits per heavy atom. The van der Waals surface area contributed by atoms with Gasteiger partial charge in [0.1, 0.15) is 11.5 Å². The van der Waals surface area contributed by atoms with Crippen LogP contribution in [0.25, 0.3) is 0 Å². The van der Waals surface area contributed by atoms with Gasteiger partial charge in [-0.15, -0.1) is 0 Å². The Morgan fingerprint density at radius 3 is 2.12 bits per heavy atom. The van der Waals surface area contributed by atoms with Crippen molar-refractivity contribution in [1.82, 2.24) is 5.32 Å². The van der Waals surface area contributed by atoms with E-state index < -0.39 is 0 Å². The normalized spacial score (nSPS) is 8.69. The van der Waals surface area contributed by atoms with Crippen molar-refractivity contribution in [2.75, 3.05) is 6.54 Å². The third-order valence-electron chi connectivity index (χ3n) is 1.63. The Morgan fingerprint density at radius 2 is 1.69 bits per heavy atom. The number of carbonyl (C=O) groups excluding carboxylic acids is 2. The van der Waals surface area contributed by atoms with Crippen LogP contribution in [0.5, 0.6) is 5.75 Å². The zero-order valence-electron chi connectivity index (χ0n) is 9.78. The lowest BCUT2D eigenvalue weighted by atomic mass is 10.2. The molecule has 88 valence electrons. The number of Topliss-reactive ketones (excluding diaryl/α,β-unsaturated/α-hetero) is 1. The molecule has 0 aliphatic rings. The summed E-state index contributed by atoms with van der Waals surface area (Å²) in [5.74, 6) is -0.314. The molecule has 0 aromatic heterocycles. The second-order valence-electron chi connectivity index (χ2n) is 2.93. The number of hydrogen-bond donors (Lipinski definition) is 2. The van der Waals surface area contributed by atoms with Crippen LogP contribution in [0.2, 0.25) is 0 Å². The molecule has 0 spiro atoms. The van der Waals surface area contributed by atoms with Crippen LogP contribution in [0.4, 0.5) is 0 Å². The molecular formula is C12H17NO3. The van der Waals surface area contributed by atoms with Crippen LogP contribution >= 0.6 is 0 Å². The van der Waals surface area contributed by atoms with Gasteiger partial charge in [-0.3, -0.25) is 9.59 Å². The molecule has 0 saturated heterocycles. The van der Waals surface area contributed by atoms with Gasteiger partial charge in [-0.25, -0.2) is 0 Å². The van der Waals surface area contributed by atoms with Gasteiger partial charge in [0.05, 0.1) is 6.54 Å². The number of amides is 1. The van der Waals surface area contributed by atoms with Gasteiger partial charge in [-0.2, -0.15) is 0 Å². The molecule has 4 nitrogen and oxygen atoms in total. The van der Waals surface area contributed by atoms with E-state index in [1.54, 1.807) is 0 Å². The molecule has 0 unspecified atom stereocenters. The highest BCUT2D eigenvalue weighted by Crippen LogP contribution is 2.09. The largest absolute Gasteiger partial charge is 0.508 e. The van der Waals surface area contributed by atoms with Gasteiger partial charge in [0.2, 0.25) is 0 Å². The molecular weight excluding hydrogens is 206 g/mol. The molecule has 0 atom stereocenters. The van der Waals surface area contributed by atoms with Crippen molar-refractivity contribution in [3.63, 3.8) is 0 Å². The molecule has 0 saturated carbocycles. The first kappa shape index (κ1) is 14.2. The number of phenolic OH excluding ortho intramolecular Hbond substituents is 1. The van der Waals surface area contributed by atoms with Gasteiger partial charge in [0.15, 0.2) is 0 Å². The number of carbonyl (C=O) groups is 2. The van der Waals surface area contributed by atoms with Gasteiger partial charge in [0.25, 0.3) is 5.91 Å². The van der Waals surface area contributed by atoms with Gasteiger partial charge in [-0.05, 0) is 31.2 Å². The lowest BCUT2D eigenvalue weighted by molar-refractivity contribution is -0.116. The first-order valence-electron chi connectivity index (χ1n) is 5.16. The molecule has 4 heteroatoms. The topological polar surface area (TPSA) is 66.4 Å². The van der Waals surface area contributed by atoms with Crippen LogP contribution in [-0.4, -0.2) is 23.3 Å². The number of aromatic hydroxyl groups is 1. The average molecular weight is 223 g/mol. The summed E-state index contributed by atoms with van der Waals surface area (Å²) >= 11 is 0. The quantitative estimate of drug-likeness (QED) is 0.820. The van der Waals surface area contributed by atoms with Crippen molar-refractivity contribution in [2.45, 2.75) is 20.8 Å². The molecule has 1 aromatic rings. The maximum atomic E-state index is 11.3. The second-order valence-corrected chi connectivity index (χ2v) is 2.93. The summed E-state index contributed by atoms with van der Waals surface area (Å²) in [5.41, 5.74) is 0.420. The fraction of sp³-hybridized carbons (Fsp3) is 0.333. The Kier molecular flexibility index (Phi) is 6.59. The number of benzene rings is 1. The van der Waals surface area contributed by atoms with Crippen molar-refractivity contribution in [3.05, 3.63) is 29.8 Å². The minimum Gasteiger partial charge on any atom is -0.508 e. The van der Waals surface area contributed by atoms with Crippen LogP contribution < -0.4 is 5.32 Å². The molecule has 0 aliphatic heterocycles. The van der Waals surface area contributed by atoms with E-state index in [-0.39, 0.29) is 24.0 Å². The highest BCUT2D eigenvalue weighted by molar-refractivity contribution is 5.96. The van der Waals surface area contributed by atoms with Crippen molar-refractivity contribution < 1.29 is 14.7 Å². The highest BCUT2D eigenvalue weighted by Gasteiger charge is 2.04. The average Bonchev–Trinajstić information content (AvgIpc) is 2.29. The summed E-state index contributed by atoms with van der Waals surface area (Å²) in [6.07, 6.45) is 0. The van der Waals surface area contributed by atoms with Crippen molar-refractivity contribution in [2.24, 2.45) is 0 Å². The van der Waals surface area contributed by atoms with E-state index in [1.165, 1.54) is 31.2 Å². The van der Waals surface area contributed by atoms with Crippen molar-refractivity contribution >= 4 is 11.7 Å².